The van der Waals surface area contributed by atoms with Crippen LogP contribution in [0.5, 0.6) is 11.5 Å². The molecule has 0 radical (unpaired) electrons. The molecule has 0 bridgehead atoms. The van der Waals surface area contributed by atoms with Crippen molar-refractivity contribution in [2.24, 2.45) is 0 Å². The number of ether oxygens (including phenoxy) is 2. The van der Waals surface area contributed by atoms with Gasteiger partial charge < -0.3 is 14.4 Å². The lowest BCUT2D eigenvalue weighted by atomic mass is 10.2. The van der Waals surface area contributed by atoms with Crippen LogP contribution in [0.1, 0.15) is 5.56 Å². The van der Waals surface area contributed by atoms with Gasteiger partial charge in [-0.2, -0.15) is 0 Å². The molecule has 8 heteroatoms. The lowest BCUT2D eigenvalue weighted by Crippen LogP contribution is -2.40. The van der Waals surface area contributed by atoms with E-state index in [2.05, 4.69) is 4.72 Å². The highest BCUT2D eigenvalue weighted by molar-refractivity contribution is 7.89. The number of sulfonamides is 1. The van der Waals surface area contributed by atoms with Gasteiger partial charge in [0, 0.05) is 6.54 Å². The van der Waals surface area contributed by atoms with E-state index in [1.54, 1.807) is 17.0 Å². The summed E-state index contributed by atoms with van der Waals surface area (Å²) in [6.07, 6.45) is 0.605. The van der Waals surface area contributed by atoms with Crippen LogP contribution in [0, 0.1) is 0 Å². The maximum atomic E-state index is 12.6. The molecular weight excluding hydrogens is 428 g/mol. The van der Waals surface area contributed by atoms with Crippen LogP contribution in [0.3, 0.4) is 0 Å². The highest BCUT2D eigenvalue weighted by Gasteiger charge is 2.23. The number of nitrogens with one attached hydrogen (secondary N) is 1. The summed E-state index contributed by atoms with van der Waals surface area (Å²) in [6.45, 7) is 1.02. The van der Waals surface area contributed by atoms with Gasteiger partial charge in [-0.05, 0) is 48.4 Å². The number of carbonyl (C=O) groups excluding carboxylic acids is 1. The quantitative estimate of drug-likeness (QED) is 0.568. The van der Waals surface area contributed by atoms with E-state index in [1.807, 2.05) is 54.6 Å². The van der Waals surface area contributed by atoms with Crippen molar-refractivity contribution >= 4 is 21.6 Å². The third-order valence-corrected chi connectivity index (χ3v) is 6.55. The monoisotopic (exact) mass is 452 g/mol. The SMILES string of the molecule is O=C(COc1ccc(S(=O)(=O)NCCc2ccccc2)cc1)N1CCOc2ccccc21. The normalized spacial score (nSPS) is 13.2. The second-order valence-electron chi connectivity index (χ2n) is 7.26. The molecule has 7 nitrogen and oxygen atoms in total. The zero-order valence-electron chi connectivity index (χ0n) is 17.4. The van der Waals surface area contributed by atoms with Crippen molar-refractivity contribution in [1.82, 2.24) is 4.72 Å². The molecule has 0 saturated heterocycles. The molecule has 166 valence electrons. The molecule has 1 amide bonds. The van der Waals surface area contributed by atoms with Gasteiger partial charge in [0.1, 0.15) is 18.1 Å². The molecule has 0 aromatic heterocycles. The summed E-state index contributed by atoms with van der Waals surface area (Å²) in [5.74, 6) is 0.893. The number of carbonyl (C=O) groups is 1. The van der Waals surface area contributed by atoms with Gasteiger partial charge in [-0.25, -0.2) is 13.1 Å². The summed E-state index contributed by atoms with van der Waals surface area (Å²) in [7, 11) is -3.62. The van der Waals surface area contributed by atoms with Gasteiger partial charge in [0.05, 0.1) is 17.1 Å². The molecule has 3 aromatic carbocycles. The Labute approximate surface area is 187 Å². The fourth-order valence-electron chi connectivity index (χ4n) is 3.42. The van der Waals surface area contributed by atoms with Crippen molar-refractivity contribution in [3.8, 4) is 11.5 Å². The molecule has 4 rings (SSSR count). The summed E-state index contributed by atoms with van der Waals surface area (Å²) in [4.78, 5) is 14.4. The molecule has 1 aliphatic heterocycles. The molecule has 0 fully saturated rings. The van der Waals surface area contributed by atoms with Gasteiger partial charge in [0.25, 0.3) is 5.91 Å². The van der Waals surface area contributed by atoms with Gasteiger partial charge in [-0.1, -0.05) is 42.5 Å². The highest BCUT2D eigenvalue weighted by atomic mass is 32.2. The molecule has 1 heterocycles. The van der Waals surface area contributed by atoms with Crippen molar-refractivity contribution in [1.29, 1.82) is 0 Å². The molecular formula is C24H24N2O5S. The van der Waals surface area contributed by atoms with Crippen molar-refractivity contribution in [2.75, 3.05) is 31.2 Å². The van der Waals surface area contributed by atoms with Gasteiger partial charge in [-0.3, -0.25) is 4.79 Å². The number of hydrogen-bond donors (Lipinski definition) is 1. The fraction of sp³-hybridized carbons (Fsp3) is 0.208. The predicted molar refractivity (Wildman–Crippen MR) is 122 cm³/mol. The van der Waals surface area contributed by atoms with Crippen LogP contribution in [-0.4, -0.2) is 40.6 Å². The number of anilines is 1. The number of fused-ring (bicyclic) bond motifs is 1. The molecule has 0 atom stereocenters. The van der Waals surface area contributed by atoms with E-state index in [4.69, 9.17) is 9.47 Å². The van der Waals surface area contributed by atoms with Gasteiger partial charge >= 0.3 is 0 Å². The molecule has 1 aliphatic rings. The number of hydrogen-bond acceptors (Lipinski definition) is 5. The van der Waals surface area contributed by atoms with Gasteiger partial charge in [-0.15, -0.1) is 0 Å². The maximum absolute atomic E-state index is 12.6. The predicted octanol–water partition coefficient (Wildman–Crippen LogP) is 3.01. The van der Waals surface area contributed by atoms with Crippen molar-refractivity contribution in [3.05, 3.63) is 84.4 Å². The minimum absolute atomic E-state index is 0.145. The summed E-state index contributed by atoms with van der Waals surface area (Å²) in [5.41, 5.74) is 1.78. The van der Waals surface area contributed by atoms with Crippen molar-refractivity contribution in [3.63, 3.8) is 0 Å². The number of para-hydroxylation sites is 2. The average molecular weight is 453 g/mol. The minimum Gasteiger partial charge on any atom is -0.490 e. The Hall–Kier alpha value is -3.36. The first-order valence-corrected chi connectivity index (χ1v) is 11.8. The molecule has 0 aliphatic carbocycles. The first-order valence-electron chi connectivity index (χ1n) is 10.3. The van der Waals surface area contributed by atoms with E-state index in [0.717, 1.165) is 11.3 Å². The third kappa shape index (κ3) is 5.27. The van der Waals surface area contributed by atoms with Crippen molar-refractivity contribution in [2.45, 2.75) is 11.3 Å². The Morgan fingerprint density at radius 2 is 1.69 bits per heavy atom. The summed E-state index contributed by atoms with van der Waals surface area (Å²) >= 11 is 0. The molecule has 0 saturated carbocycles. The molecule has 0 spiro atoms. The van der Waals surface area contributed by atoms with E-state index in [1.165, 1.54) is 12.1 Å². The fourth-order valence-corrected chi connectivity index (χ4v) is 4.46. The highest BCUT2D eigenvalue weighted by Crippen LogP contribution is 2.31. The van der Waals surface area contributed by atoms with Crippen LogP contribution in [0.25, 0.3) is 0 Å². The summed E-state index contributed by atoms with van der Waals surface area (Å²) in [5, 5.41) is 0. The first-order chi connectivity index (χ1) is 15.5. The second kappa shape index (κ2) is 9.84. The second-order valence-corrected chi connectivity index (χ2v) is 9.02. The van der Waals surface area contributed by atoms with E-state index in [-0.39, 0.29) is 17.4 Å². The Balaban J connectivity index is 1.31. The lowest BCUT2D eigenvalue weighted by Gasteiger charge is -2.29. The zero-order valence-corrected chi connectivity index (χ0v) is 18.3. The first kappa shape index (κ1) is 21.9. The Morgan fingerprint density at radius 3 is 2.47 bits per heavy atom. The van der Waals surface area contributed by atoms with Gasteiger partial charge in [0.15, 0.2) is 6.61 Å². The van der Waals surface area contributed by atoms with Crippen LogP contribution in [0.15, 0.2) is 83.8 Å². The summed E-state index contributed by atoms with van der Waals surface area (Å²) < 4.78 is 38.8. The van der Waals surface area contributed by atoms with E-state index in [0.29, 0.717) is 37.6 Å². The largest absolute Gasteiger partial charge is 0.490 e. The molecule has 3 aromatic rings. The standard InChI is InChI=1S/C24H24N2O5S/c27-24(26-16-17-30-23-9-5-4-8-22(23)26)18-31-20-10-12-21(13-11-20)32(28,29)25-15-14-19-6-2-1-3-7-19/h1-13,25H,14-18H2. The average Bonchev–Trinajstić information content (AvgIpc) is 2.83. The number of rotatable bonds is 8. The Bertz CT molecular complexity index is 1160. The molecule has 1 N–H and O–H groups in total. The van der Waals surface area contributed by atoms with Crippen LogP contribution >= 0.6 is 0 Å². The minimum atomic E-state index is -3.62. The molecule has 32 heavy (non-hydrogen) atoms. The topological polar surface area (TPSA) is 84.9 Å². The zero-order chi connectivity index (χ0) is 22.4. The van der Waals surface area contributed by atoms with E-state index >= 15 is 0 Å². The third-order valence-electron chi connectivity index (χ3n) is 5.07. The van der Waals surface area contributed by atoms with Crippen LogP contribution < -0.4 is 19.1 Å². The van der Waals surface area contributed by atoms with Gasteiger partial charge in [0.2, 0.25) is 10.0 Å². The van der Waals surface area contributed by atoms with E-state index in [9.17, 15) is 13.2 Å². The molecule has 0 unspecified atom stereocenters. The van der Waals surface area contributed by atoms with Crippen LogP contribution in [0.2, 0.25) is 0 Å². The Morgan fingerprint density at radius 1 is 0.969 bits per heavy atom. The smallest absolute Gasteiger partial charge is 0.265 e. The van der Waals surface area contributed by atoms with E-state index < -0.39 is 10.0 Å². The van der Waals surface area contributed by atoms with Crippen LogP contribution in [-0.2, 0) is 21.2 Å². The number of nitrogens with zero attached hydrogens (tertiary/aromatic N) is 1. The maximum Gasteiger partial charge on any atom is 0.265 e. The van der Waals surface area contributed by atoms with Crippen LogP contribution in [0.4, 0.5) is 5.69 Å². The van der Waals surface area contributed by atoms with Crippen molar-refractivity contribution < 1.29 is 22.7 Å². The summed E-state index contributed by atoms with van der Waals surface area (Å²) in [6, 6.07) is 23.1. The number of benzene rings is 3. The lowest BCUT2D eigenvalue weighted by molar-refractivity contribution is -0.120. The Kier molecular flexibility index (Phi) is 6.72. The number of amides is 1.